The molecule has 0 amide bonds. The average Bonchev–Trinajstić information content (AvgIpc) is 2.39. The Kier molecular flexibility index (Phi) is 4.36. The first-order valence-corrected chi connectivity index (χ1v) is 6.60. The quantitative estimate of drug-likeness (QED) is 0.801. The van der Waals surface area contributed by atoms with Gasteiger partial charge in [0, 0.05) is 24.0 Å². The highest BCUT2D eigenvalue weighted by Gasteiger charge is 2.10. The Labute approximate surface area is 118 Å². The Morgan fingerprint density at radius 3 is 2.89 bits per heavy atom. The number of benzene rings is 1. The van der Waals surface area contributed by atoms with Crippen LogP contribution in [-0.4, -0.2) is 23.5 Å². The molecule has 1 heterocycles. The van der Waals surface area contributed by atoms with Gasteiger partial charge in [-0.25, -0.2) is 4.98 Å². The van der Waals surface area contributed by atoms with E-state index in [0.29, 0.717) is 11.7 Å². The molecule has 0 aliphatic heterocycles. The molecule has 0 aliphatic rings. The van der Waals surface area contributed by atoms with E-state index < -0.39 is 0 Å². The van der Waals surface area contributed by atoms with E-state index in [9.17, 15) is 0 Å². The standard InChI is InChI=1S/C15H16ClN3/c1-11(8-17)9-19(2)10-13-7-12-5-3-4-6-14(12)18-15(13)16/h3-7,11H,9-10H2,1-2H3. The van der Waals surface area contributed by atoms with E-state index in [1.54, 1.807) is 0 Å². The van der Waals surface area contributed by atoms with Crippen LogP contribution in [0.1, 0.15) is 12.5 Å². The van der Waals surface area contributed by atoms with Crippen LogP contribution < -0.4 is 0 Å². The van der Waals surface area contributed by atoms with Gasteiger partial charge in [0.25, 0.3) is 0 Å². The molecule has 3 nitrogen and oxygen atoms in total. The summed E-state index contributed by atoms with van der Waals surface area (Å²) in [6, 6.07) is 12.2. The average molecular weight is 274 g/mol. The number of nitriles is 1. The molecule has 2 aromatic rings. The highest BCUT2D eigenvalue weighted by atomic mass is 35.5. The highest BCUT2D eigenvalue weighted by molar-refractivity contribution is 6.30. The molecule has 0 saturated heterocycles. The highest BCUT2D eigenvalue weighted by Crippen LogP contribution is 2.21. The lowest BCUT2D eigenvalue weighted by Crippen LogP contribution is -2.23. The minimum Gasteiger partial charge on any atom is -0.301 e. The van der Waals surface area contributed by atoms with Crippen LogP contribution in [0.3, 0.4) is 0 Å². The molecule has 98 valence electrons. The van der Waals surface area contributed by atoms with Crippen molar-refractivity contribution >= 4 is 22.5 Å². The Hall–Kier alpha value is -1.63. The van der Waals surface area contributed by atoms with Gasteiger partial charge >= 0.3 is 0 Å². The van der Waals surface area contributed by atoms with E-state index >= 15 is 0 Å². The number of rotatable bonds is 4. The number of hydrogen-bond acceptors (Lipinski definition) is 3. The lowest BCUT2D eigenvalue weighted by Gasteiger charge is -2.18. The van der Waals surface area contributed by atoms with Crippen molar-refractivity contribution in [1.29, 1.82) is 5.26 Å². The van der Waals surface area contributed by atoms with E-state index in [2.05, 4.69) is 22.0 Å². The molecule has 1 atom stereocenters. The molecule has 0 aliphatic carbocycles. The van der Waals surface area contributed by atoms with E-state index in [-0.39, 0.29) is 5.92 Å². The van der Waals surface area contributed by atoms with Crippen LogP contribution in [-0.2, 0) is 6.54 Å². The summed E-state index contributed by atoms with van der Waals surface area (Å²) in [5.41, 5.74) is 1.90. The first-order valence-electron chi connectivity index (χ1n) is 6.22. The molecule has 0 fully saturated rings. The van der Waals surface area contributed by atoms with Gasteiger partial charge < -0.3 is 4.90 Å². The monoisotopic (exact) mass is 273 g/mol. The van der Waals surface area contributed by atoms with Crippen molar-refractivity contribution in [2.45, 2.75) is 13.5 Å². The fraction of sp³-hybridized carbons (Fsp3) is 0.333. The van der Waals surface area contributed by atoms with Gasteiger partial charge in [-0.05, 0) is 26.1 Å². The first-order chi connectivity index (χ1) is 9.10. The maximum atomic E-state index is 8.83. The normalized spacial score (nSPS) is 12.6. The van der Waals surface area contributed by atoms with Crippen molar-refractivity contribution in [1.82, 2.24) is 9.88 Å². The number of halogens is 1. The Bertz CT molecular complexity index is 618. The Balaban J connectivity index is 2.21. The summed E-state index contributed by atoms with van der Waals surface area (Å²) in [7, 11) is 1.99. The third kappa shape index (κ3) is 3.44. The van der Waals surface area contributed by atoms with Crippen molar-refractivity contribution in [3.05, 3.63) is 41.0 Å². The molecule has 0 saturated carbocycles. The van der Waals surface area contributed by atoms with Gasteiger partial charge in [0.2, 0.25) is 0 Å². The van der Waals surface area contributed by atoms with Crippen LogP contribution in [0.25, 0.3) is 10.9 Å². The first kappa shape index (κ1) is 13.8. The molecule has 19 heavy (non-hydrogen) atoms. The van der Waals surface area contributed by atoms with E-state index in [0.717, 1.165) is 23.0 Å². The molecule has 0 radical (unpaired) electrons. The van der Waals surface area contributed by atoms with Gasteiger partial charge in [0.15, 0.2) is 0 Å². The zero-order chi connectivity index (χ0) is 13.8. The summed E-state index contributed by atoms with van der Waals surface area (Å²) in [6.45, 7) is 3.33. The van der Waals surface area contributed by atoms with Gasteiger partial charge in [0.1, 0.15) is 5.15 Å². The summed E-state index contributed by atoms with van der Waals surface area (Å²) in [4.78, 5) is 6.49. The second-order valence-electron chi connectivity index (χ2n) is 4.86. The number of para-hydroxylation sites is 1. The lowest BCUT2D eigenvalue weighted by molar-refractivity contribution is 0.303. The van der Waals surface area contributed by atoms with Crippen LogP contribution in [0.5, 0.6) is 0 Å². The van der Waals surface area contributed by atoms with Gasteiger partial charge in [-0.3, -0.25) is 0 Å². The van der Waals surface area contributed by atoms with Crippen molar-refractivity contribution in [3.63, 3.8) is 0 Å². The van der Waals surface area contributed by atoms with Crippen LogP contribution in [0.15, 0.2) is 30.3 Å². The van der Waals surface area contributed by atoms with Gasteiger partial charge in [-0.15, -0.1) is 0 Å². The van der Waals surface area contributed by atoms with Crippen molar-refractivity contribution < 1.29 is 0 Å². The molecular formula is C15H16ClN3. The maximum absolute atomic E-state index is 8.83. The van der Waals surface area contributed by atoms with Crippen molar-refractivity contribution in [2.75, 3.05) is 13.6 Å². The molecular weight excluding hydrogens is 258 g/mol. The number of hydrogen-bond donors (Lipinski definition) is 0. The van der Waals surface area contributed by atoms with Crippen molar-refractivity contribution in [3.8, 4) is 6.07 Å². The van der Waals surface area contributed by atoms with Gasteiger partial charge in [0.05, 0.1) is 17.5 Å². The van der Waals surface area contributed by atoms with Crippen LogP contribution in [0.4, 0.5) is 0 Å². The molecule has 1 aromatic heterocycles. The van der Waals surface area contributed by atoms with E-state index in [1.807, 2.05) is 38.2 Å². The second-order valence-corrected chi connectivity index (χ2v) is 5.22. The summed E-state index contributed by atoms with van der Waals surface area (Å²) in [6.07, 6.45) is 0. The predicted molar refractivity (Wildman–Crippen MR) is 77.9 cm³/mol. The van der Waals surface area contributed by atoms with E-state index in [4.69, 9.17) is 16.9 Å². The van der Waals surface area contributed by atoms with Crippen LogP contribution in [0, 0.1) is 17.2 Å². The largest absolute Gasteiger partial charge is 0.301 e. The minimum absolute atomic E-state index is 0.0113. The Morgan fingerprint density at radius 2 is 2.16 bits per heavy atom. The smallest absolute Gasteiger partial charge is 0.134 e. The molecule has 1 unspecified atom stereocenters. The fourth-order valence-electron chi connectivity index (χ4n) is 2.11. The van der Waals surface area contributed by atoms with Crippen molar-refractivity contribution in [2.24, 2.45) is 5.92 Å². The number of fused-ring (bicyclic) bond motifs is 1. The lowest BCUT2D eigenvalue weighted by atomic mass is 10.1. The number of aromatic nitrogens is 1. The summed E-state index contributed by atoms with van der Waals surface area (Å²) in [5.74, 6) is 0.0113. The molecule has 2 rings (SSSR count). The van der Waals surface area contributed by atoms with E-state index in [1.165, 1.54) is 0 Å². The zero-order valence-corrected chi connectivity index (χ0v) is 11.9. The van der Waals surface area contributed by atoms with Gasteiger partial charge in [-0.1, -0.05) is 29.8 Å². The number of pyridine rings is 1. The molecule has 4 heteroatoms. The molecule has 0 bridgehead atoms. The second kappa shape index (κ2) is 6.01. The Morgan fingerprint density at radius 1 is 1.42 bits per heavy atom. The summed E-state index contributed by atoms with van der Waals surface area (Å²) >= 11 is 6.21. The number of nitrogens with zero attached hydrogens (tertiary/aromatic N) is 3. The third-order valence-electron chi connectivity index (χ3n) is 3.00. The SMILES string of the molecule is CC(C#N)CN(C)Cc1cc2ccccc2nc1Cl. The molecule has 0 spiro atoms. The zero-order valence-electron chi connectivity index (χ0n) is 11.1. The minimum atomic E-state index is 0.0113. The topological polar surface area (TPSA) is 39.9 Å². The molecule has 0 N–H and O–H groups in total. The predicted octanol–water partition coefficient (Wildman–Crippen LogP) is 3.48. The molecule has 1 aromatic carbocycles. The van der Waals surface area contributed by atoms with Crippen LogP contribution >= 0.6 is 11.6 Å². The summed E-state index contributed by atoms with van der Waals surface area (Å²) in [5, 5.41) is 10.5. The fourth-order valence-corrected chi connectivity index (χ4v) is 2.32. The van der Waals surface area contributed by atoms with Crippen LogP contribution in [0.2, 0.25) is 5.15 Å². The van der Waals surface area contributed by atoms with Gasteiger partial charge in [-0.2, -0.15) is 5.26 Å². The third-order valence-corrected chi connectivity index (χ3v) is 3.32. The summed E-state index contributed by atoms with van der Waals surface area (Å²) < 4.78 is 0. The maximum Gasteiger partial charge on any atom is 0.134 e.